The molecule has 88 valence electrons. The first kappa shape index (κ1) is 12.2. The summed E-state index contributed by atoms with van der Waals surface area (Å²) in [7, 11) is 0. The Hall–Kier alpha value is -1.85. The second kappa shape index (κ2) is 5.29. The maximum absolute atomic E-state index is 10.9. The molecule has 0 aliphatic carbocycles. The zero-order valence-electron chi connectivity index (χ0n) is 9.56. The van der Waals surface area contributed by atoms with Gasteiger partial charge in [0.1, 0.15) is 5.69 Å². The summed E-state index contributed by atoms with van der Waals surface area (Å²) in [5, 5.41) is 18.0. The van der Waals surface area contributed by atoms with E-state index in [-0.39, 0.29) is 5.69 Å². The van der Waals surface area contributed by atoms with Crippen molar-refractivity contribution < 1.29 is 4.92 Å². The van der Waals surface area contributed by atoms with E-state index in [1.54, 1.807) is 17.7 Å². The van der Waals surface area contributed by atoms with Gasteiger partial charge >= 0.3 is 5.69 Å². The second-order valence-electron chi connectivity index (χ2n) is 3.36. The van der Waals surface area contributed by atoms with Crippen molar-refractivity contribution in [3.05, 3.63) is 28.5 Å². The van der Waals surface area contributed by atoms with Crippen LogP contribution in [0.2, 0.25) is 0 Å². The van der Waals surface area contributed by atoms with Crippen molar-refractivity contribution in [2.24, 2.45) is 0 Å². The minimum Gasteiger partial charge on any atom is -0.364 e. The number of hydrogen-bond donors (Lipinski definition) is 1. The van der Waals surface area contributed by atoms with Gasteiger partial charge in [0.2, 0.25) is 5.82 Å². The van der Waals surface area contributed by atoms with Gasteiger partial charge in [0, 0.05) is 13.1 Å². The van der Waals surface area contributed by atoms with Crippen LogP contribution in [0.25, 0.3) is 0 Å². The molecule has 1 aromatic heterocycles. The molecule has 1 heterocycles. The first-order valence-electron chi connectivity index (χ1n) is 5.18. The third-order valence-corrected chi connectivity index (χ3v) is 2.22. The lowest BCUT2D eigenvalue weighted by Crippen LogP contribution is -2.09. The Balaban J connectivity index is 3.01. The fourth-order valence-electron chi connectivity index (χ4n) is 1.49. The van der Waals surface area contributed by atoms with Crippen LogP contribution in [-0.4, -0.2) is 21.2 Å². The van der Waals surface area contributed by atoms with E-state index < -0.39 is 4.92 Å². The summed E-state index contributed by atoms with van der Waals surface area (Å²) >= 11 is 0. The van der Waals surface area contributed by atoms with Gasteiger partial charge < -0.3 is 5.32 Å². The topological polar surface area (TPSA) is 73.0 Å². The number of nitrogens with one attached hydrogen (secondary N) is 1. The van der Waals surface area contributed by atoms with Gasteiger partial charge in [0.05, 0.1) is 4.92 Å². The number of nitro groups is 1. The monoisotopic (exact) mass is 224 g/mol. The molecule has 0 aromatic carbocycles. The number of hydrogen-bond acceptors (Lipinski definition) is 4. The third kappa shape index (κ3) is 2.39. The molecule has 6 nitrogen and oxygen atoms in total. The van der Waals surface area contributed by atoms with E-state index in [4.69, 9.17) is 0 Å². The Morgan fingerprint density at radius 2 is 2.38 bits per heavy atom. The highest BCUT2D eigenvalue weighted by molar-refractivity contribution is 5.59. The van der Waals surface area contributed by atoms with E-state index in [1.165, 1.54) is 0 Å². The van der Waals surface area contributed by atoms with Gasteiger partial charge in [-0.2, -0.15) is 5.10 Å². The molecule has 0 atom stereocenters. The number of nitrogens with zero attached hydrogens (tertiary/aromatic N) is 3. The highest BCUT2D eigenvalue weighted by Gasteiger charge is 2.24. The van der Waals surface area contributed by atoms with E-state index in [2.05, 4.69) is 17.0 Å². The quantitative estimate of drug-likeness (QED) is 0.347. The summed E-state index contributed by atoms with van der Waals surface area (Å²) in [5.74, 6) is 0.479. The zero-order valence-corrected chi connectivity index (χ0v) is 9.56. The lowest BCUT2D eigenvalue weighted by atomic mass is 10.3. The summed E-state index contributed by atoms with van der Waals surface area (Å²) in [6.07, 6.45) is 2.52. The number of aromatic nitrogens is 2. The van der Waals surface area contributed by atoms with Crippen molar-refractivity contribution in [1.82, 2.24) is 9.78 Å². The Labute approximate surface area is 94.1 Å². The van der Waals surface area contributed by atoms with E-state index in [9.17, 15) is 10.1 Å². The summed E-state index contributed by atoms with van der Waals surface area (Å²) in [4.78, 5) is 10.5. The third-order valence-electron chi connectivity index (χ3n) is 2.22. The minimum absolute atomic E-state index is 0.0610. The highest BCUT2D eigenvalue weighted by Crippen LogP contribution is 2.27. The van der Waals surface area contributed by atoms with Crippen molar-refractivity contribution >= 4 is 11.5 Å². The Morgan fingerprint density at radius 3 is 2.88 bits per heavy atom. The lowest BCUT2D eigenvalue weighted by Gasteiger charge is -2.05. The lowest BCUT2D eigenvalue weighted by molar-refractivity contribution is -0.384. The molecule has 0 saturated carbocycles. The number of rotatable bonds is 6. The molecular formula is C10H16N4O2. The van der Waals surface area contributed by atoms with Crippen LogP contribution >= 0.6 is 0 Å². The van der Waals surface area contributed by atoms with E-state index in [1.807, 2.05) is 6.92 Å². The maximum atomic E-state index is 10.9. The van der Waals surface area contributed by atoms with Crippen LogP contribution in [-0.2, 0) is 6.54 Å². The van der Waals surface area contributed by atoms with Crippen molar-refractivity contribution in [2.75, 3.05) is 11.9 Å². The Morgan fingerprint density at radius 1 is 1.69 bits per heavy atom. The Kier molecular flexibility index (Phi) is 4.04. The molecule has 6 heteroatoms. The van der Waals surface area contributed by atoms with Gasteiger partial charge in [-0.25, -0.2) is 4.68 Å². The molecule has 0 aliphatic rings. The van der Waals surface area contributed by atoms with Crippen LogP contribution in [0.5, 0.6) is 0 Å². The molecule has 16 heavy (non-hydrogen) atoms. The molecule has 0 aliphatic heterocycles. The summed E-state index contributed by atoms with van der Waals surface area (Å²) in [6, 6.07) is 0. The van der Waals surface area contributed by atoms with Gasteiger partial charge in [-0.1, -0.05) is 6.08 Å². The highest BCUT2D eigenvalue weighted by atomic mass is 16.6. The van der Waals surface area contributed by atoms with Crippen molar-refractivity contribution in [3.8, 4) is 0 Å². The standard InChI is InChI=1S/C10H16N4O2/c1-4-6-7-11-10-9(14(15)16)8(3)12-13(10)5-2/h4,11H,1,5-7H2,2-3H3. The van der Waals surface area contributed by atoms with Gasteiger partial charge in [-0.05, 0) is 20.3 Å². The SMILES string of the molecule is C=CCCNc1c([N+](=O)[O-])c(C)nn1CC. The first-order chi connectivity index (χ1) is 7.61. The van der Waals surface area contributed by atoms with Crippen LogP contribution in [0.4, 0.5) is 11.5 Å². The maximum Gasteiger partial charge on any atom is 0.333 e. The van der Waals surface area contributed by atoms with Gasteiger partial charge in [-0.3, -0.25) is 10.1 Å². The average molecular weight is 224 g/mol. The predicted molar refractivity (Wildman–Crippen MR) is 62.6 cm³/mol. The summed E-state index contributed by atoms with van der Waals surface area (Å²) in [5.41, 5.74) is 0.499. The second-order valence-corrected chi connectivity index (χ2v) is 3.36. The number of aryl methyl sites for hydroxylation is 2. The largest absolute Gasteiger partial charge is 0.364 e. The fourth-order valence-corrected chi connectivity index (χ4v) is 1.49. The van der Waals surface area contributed by atoms with Gasteiger partial charge in [-0.15, -0.1) is 6.58 Å². The van der Waals surface area contributed by atoms with Crippen LogP contribution in [0.3, 0.4) is 0 Å². The average Bonchev–Trinajstić information content (AvgIpc) is 2.55. The van der Waals surface area contributed by atoms with Crippen molar-refractivity contribution in [3.63, 3.8) is 0 Å². The summed E-state index contributed by atoms with van der Waals surface area (Å²) in [6.45, 7) is 8.36. The molecule has 0 saturated heterocycles. The van der Waals surface area contributed by atoms with Crippen molar-refractivity contribution in [2.45, 2.75) is 26.8 Å². The van der Waals surface area contributed by atoms with Gasteiger partial charge in [0.25, 0.3) is 0 Å². The van der Waals surface area contributed by atoms with Crippen LogP contribution in [0.15, 0.2) is 12.7 Å². The van der Waals surface area contributed by atoms with Crippen LogP contribution in [0, 0.1) is 17.0 Å². The van der Waals surface area contributed by atoms with Gasteiger partial charge in [0.15, 0.2) is 0 Å². The molecule has 0 amide bonds. The fraction of sp³-hybridized carbons (Fsp3) is 0.500. The smallest absolute Gasteiger partial charge is 0.333 e. The van der Waals surface area contributed by atoms with E-state index in [0.29, 0.717) is 24.6 Å². The zero-order chi connectivity index (χ0) is 12.1. The molecule has 0 fully saturated rings. The molecule has 1 N–H and O–H groups in total. The van der Waals surface area contributed by atoms with Crippen LogP contribution in [0.1, 0.15) is 19.0 Å². The van der Waals surface area contributed by atoms with E-state index >= 15 is 0 Å². The van der Waals surface area contributed by atoms with E-state index in [0.717, 1.165) is 6.42 Å². The molecular weight excluding hydrogens is 208 g/mol. The normalized spacial score (nSPS) is 10.1. The molecule has 1 aromatic rings. The summed E-state index contributed by atoms with van der Waals surface area (Å²) < 4.78 is 1.61. The molecule has 0 spiro atoms. The minimum atomic E-state index is -0.398. The molecule has 0 unspecified atom stereocenters. The first-order valence-corrected chi connectivity index (χ1v) is 5.18. The number of anilines is 1. The molecule has 0 bridgehead atoms. The molecule has 1 rings (SSSR count). The van der Waals surface area contributed by atoms with Crippen LogP contribution < -0.4 is 5.32 Å². The Bertz CT molecular complexity index is 398. The molecule has 0 radical (unpaired) electrons. The van der Waals surface area contributed by atoms with Crippen molar-refractivity contribution in [1.29, 1.82) is 0 Å². The predicted octanol–water partition coefficient (Wildman–Crippen LogP) is 2.11.